The van der Waals surface area contributed by atoms with Crippen LogP contribution in [-0.4, -0.2) is 29.6 Å². The summed E-state index contributed by atoms with van der Waals surface area (Å²) in [7, 11) is 0. The molecule has 1 saturated heterocycles. The lowest BCUT2D eigenvalue weighted by atomic mass is 9.82. The lowest BCUT2D eigenvalue weighted by molar-refractivity contribution is 0.279. The highest BCUT2D eigenvalue weighted by molar-refractivity contribution is 5.60. The minimum absolute atomic E-state index is 0.426. The summed E-state index contributed by atoms with van der Waals surface area (Å²) in [4.78, 5) is 11.5. The van der Waals surface area contributed by atoms with Crippen molar-refractivity contribution in [2.75, 3.05) is 29.9 Å². The molecule has 0 radical (unpaired) electrons. The molecule has 0 aliphatic carbocycles. The maximum Gasteiger partial charge on any atom is 0.137 e. The molecule has 4 nitrogen and oxygen atoms in total. The first kappa shape index (κ1) is 16.1. The zero-order valence-corrected chi connectivity index (χ0v) is 14.2. The molecule has 1 aliphatic rings. The predicted molar refractivity (Wildman–Crippen MR) is 90.1 cm³/mol. The van der Waals surface area contributed by atoms with E-state index in [2.05, 4.69) is 54.8 Å². The molecular weight excluding hydrogens is 260 g/mol. The molecule has 0 aromatic carbocycles. The number of nitrogens with zero attached hydrogens (tertiary/aromatic N) is 3. The fourth-order valence-electron chi connectivity index (χ4n) is 2.88. The third-order valence-corrected chi connectivity index (χ3v) is 4.40. The van der Waals surface area contributed by atoms with Crippen LogP contribution in [0.3, 0.4) is 0 Å². The number of hydrogen-bond acceptors (Lipinski definition) is 4. The Kier molecular flexibility index (Phi) is 5.07. The van der Waals surface area contributed by atoms with Gasteiger partial charge in [-0.1, -0.05) is 34.6 Å². The summed E-state index contributed by atoms with van der Waals surface area (Å²) in [6.45, 7) is 14.5. The van der Waals surface area contributed by atoms with Crippen molar-refractivity contribution in [2.45, 2.75) is 59.8 Å². The molecule has 1 fully saturated rings. The highest BCUT2D eigenvalue weighted by atomic mass is 15.2. The first-order chi connectivity index (χ1) is 9.94. The van der Waals surface area contributed by atoms with Crippen LogP contribution in [0.4, 0.5) is 11.6 Å². The Morgan fingerprint density at radius 1 is 1.24 bits per heavy atom. The van der Waals surface area contributed by atoms with Crippen LogP contribution in [-0.2, 0) is 0 Å². The second-order valence-corrected chi connectivity index (χ2v) is 7.19. The summed E-state index contributed by atoms with van der Waals surface area (Å²) in [5.41, 5.74) is 1.73. The minimum atomic E-state index is 0.426. The van der Waals surface area contributed by atoms with Gasteiger partial charge in [0.05, 0.1) is 0 Å². The second-order valence-electron chi connectivity index (χ2n) is 7.19. The molecule has 0 atom stereocenters. The molecule has 21 heavy (non-hydrogen) atoms. The lowest BCUT2D eigenvalue weighted by Gasteiger charge is -2.38. The van der Waals surface area contributed by atoms with Crippen LogP contribution < -0.4 is 10.2 Å². The molecule has 118 valence electrons. The summed E-state index contributed by atoms with van der Waals surface area (Å²) < 4.78 is 0. The molecule has 0 bridgehead atoms. The summed E-state index contributed by atoms with van der Waals surface area (Å²) in [6.07, 6.45) is 5.27. The third-order valence-electron chi connectivity index (χ3n) is 4.40. The molecule has 0 amide bonds. The van der Waals surface area contributed by atoms with Gasteiger partial charge in [-0.15, -0.1) is 0 Å². The molecule has 2 rings (SSSR count). The molecule has 4 heteroatoms. The maximum absolute atomic E-state index is 4.61. The molecule has 0 spiro atoms. The van der Waals surface area contributed by atoms with E-state index < -0.39 is 0 Å². The van der Waals surface area contributed by atoms with Gasteiger partial charge in [0, 0.05) is 25.2 Å². The number of aromatic nitrogens is 2. The smallest absolute Gasteiger partial charge is 0.137 e. The largest absolute Gasteiger partial charge is 0.370 e. The van der Waals surface area contributed by atoms with Crippen LogP contribution in [0.25, 0.3) is 0 Å². The molecule has 1 aromatic rings. The van der Waals surface area contributed by atoms with Gasteiger partial charge >= 0.3 is 0 Å². The van der Waals surface area contributed by atoms with E-state index in [4.69, 9.17) is 0 Å². The second kappa shape index (κ2) is 6.63. The van der Waals surface area contributed by atoms with E-state index in [1.807, 2.05) is 0 Å². The van der Waals surface area contributed by atoms with E-state index in [0.717, 1.165) is 37.7 Å². The van der Waals surface area contributed by atoms with Gasteiger partial charge in [-0.25, -0.2) is 9.97 Å². The van der Waals surface area contributed by atoms with Crippen LogP contribution in [0.2, 0.25) is 0 Å². The van der Waals surface area contributed by atoms with Crippen molar-refractivity contribution >= 4 is 11.6 Å². The van der Waals surface area contributed by atoms with Crippen molar-refractivity contribution in [3.63, 3.8) is 0 Å². The van der Waals surface area contributed by atoms with Crippen LogP contribution >= 0.6 is 0 Å². The summed E-state index contributed by atoms with van der Waals surface area (Å²) in [6, 6.07) is 0. The average molecular weight is 290 g/mol. The van der Waals surface area contributed by atoms with E-state index in [0.29, 0.717) is 11.3 Å². The van der Waals surface area contributed by atoms with Crippen molar-refractivity contribution in [3.8, 4) is 0 Å². The fourth-order valence-corrected chi connectivity index (χ4v) is 2.88. The SMILES string of the molecule is CCCNc1ncnc(N2CCC(C)(C)CC2)c1C(C)C. The summed E-state index contributed by atoms with van der Waals surface area (Å²) in [5.74, 6) is 2.58. The first-order valence-electron chi connectivity index (χ1n) is 8.28. The Morgan fingerprint density at radius 3 is 2.48 bits per heavy atom. The zero-order valence-electron chi connectivity index (χ0n) is 14.2. The van der Waals surface area contributed by atoms with Gasteiger partial charge in [-0.05, 0) is 30.6 Å². The quantitative estimate of drug-likeness (QED) is 0.888. The summed E-state index contributed by atoms with van der Waals surface area (Å²) >= 11 is 0. The maximum atomic E-state index is 4.61. The van der Waals surface area contributed by atoms with Crippen LogP contribution in [0.5, 0.6) is 0 Å². The van der Waals surface area contributed by atoms with E-state index in [1.165, 1.54) is 18.4 Å². The lowest BCUT2D eigenvalue weighted by Crippen LogP contribution is -2.38. The Labute approximate surface area is 129 Å². The van der Waals surface area contributed by atoms with Crippen LogP contribution in [0.1, 0.15) is 65.4 Å². The number of hydrogen-bond donors (Lipinski definition) is 1. The molecule has 2 heterocycles. The topological polar surface area (TPSA) is 41.1 Å². The highest BCUT2D eigenvalue weighted by Crippen LogP contribution is 2.36. The number of piperidine rings is 1. The monoisotopic (exact) mass is 290 g/mol. The number of nitrogens with one attached hydrogen (secondary N) is 1. The van der Waals surface area contributed by atoms with Crippen LogP contribution in [0.15, 0.2) is 6.33 Å². The molecular formula is C17H30N4. The molecule has 1 aliphatic heterocycles. The van der Waals surface area contributed by atoms with Gasteiger partial charge in [-0.3, -0.25) is 0 Å². The van der Waals surface area contributed by atoms with Gasteiger partial charge in [0.15, 0.2) is 0 Å². The Bertz CT molecular complexity index is 458. The fraction of sp³-hybridized carbons (Fsp3) is 0.765. The first-order valence-corrected chi connectivity index (χ1v) is 8.28. The molecule has 0 unspecified atom stereocenters. The molecule has 1 aromatic heterocycles. The van der Waals surface area contributed by atoms with Crippen LogP contribution in [0, 0.1) is 5.41 Å². The normalized spacial score (nSPS) is 18.1. The average Bonchev–Trinajstić information content (AvgIpc) is 2.44. The van der Waals surface area contributed by atoms with Gasteiger partial charge in [0.25, 0.3) is 0 Å². The van der Waals surface area contributed by atoms with E-state index in [1.54, 1.807) is 6.33 Å². The Hall–Kier alpha value is -1.32. The highest BCUT2D eigenvalue weighted by Gasteiger charge is 2.28. The summed E-state index contributed by atoms with van der Waals surface area (Å²) in [5, 5.41) is 3.46. The predicted octanol–water partition coefficient (Wildman–Crippen LogP) is 4.05. The Balaban J connectivity index is 2.26. The Morgan fingerprint density at radius 2 is 1.90 bits per heavy atom. The van der Waals surface area contributed by atoms with E-state index >= 15 is 0 Å². The van der Waals surface area contributed by atoms with Crippen molar-refractivity contribution in [2.24, 2.45) is 5.41 Å². The van der Waals surface area contributed by atoms with Gasteiger partial charge in [0.1, 0.15) is 18.0 Å². The van der Waals surface area contributed by atoms with E-state index in [9.17, 15) is 0 Å². The van der Waals surface area contributed by atoms with Gasteiger partial charge in [0.2, 0.25) is 0 Å². The van der Waals surface area contributed by atoms with Gasteiger partial charge < -0.3 is 10.2 Å². The van der Waals surface area contributed by atoms with E-state index in [-0.39, 0.29) is 0 Å². The molecule has 1 N–H and O–H groups in total. The number of rotatable bonds is 5. The van der Waals surface area contributed by atoms with Crippen molar-refractivity contribution in [3.05, 3.63) is 11.9 Å². The standard InChI is InChI=1S/C17H30N4/c1-6-9-18-15-14(13(2)3)16(20-12-19-15)21-10-7-17(4,5)8-11-21/h12-13H,6-11H2,1-5H3,(H,18,19,20). The minimum Gasteiger partial charge on any atom is -0.370 e. The van der Waals surface area contributed by atoms with Crippen molar-refractivity contribution in [1.82, 2.24) is 9.97 Å². The third kappa shape index (κ3) is 3.86. The number of anilines is 2. The zero-order chi connectivity index (χ0) is 15.5. The van der Waals surface area contributed by atoms with Gasteiger partial charge in [-0.2, -0.15) is 0 Å². The molecule has 0 saturated carbocycles. The van der Waals surface area contributed by atoms with Crippen molar-refractivity contribution < 1.29 is 0 Å². The van der Waals surface area contributed by atoms with Crippen molar-refractivity contribution in [1.29, 1.82) is 0 Å².